The lowest BCUT2D eigenvalue weighted by atomic mass is 9.92. The highest BCUT2D eigenvalue weighted by Crippen LogP contribution is 2.38. The van der Waals surface area contributed by atoms with Gasteiger partial charge < -0.3 is 9.73 Å². The molecule has 0 spiro atoms. The van der Waals surface area contributed by atoms with Crippen LogP contribution < -0.4 is 5.32 Å². The number of halogens is 3. The lowest BCUT2D eigenvalue weighted by Gasteiger charge is -2.26. The first-order valence-corrected chi connectivity index (χ1v) is 13.2. The summed E-state index contributed by atoms with van der Waals surface area (Å²) < 4.78 is 8.60. The zero-order chi connectivity index (χ0) is 25.6. The third kappa shape index (κ3) is 4.82. The van der Waals surface area contributed by atoms with Gasteiger partial charge in [-0.25, -0.2) is 4.68 Å². The van der Waals surface area contributed by atoms with E-state index in [0.29, 0.717) is 38.6 Å². The molecule has 0 radical (unpaired) electrons. The smallest absolute Gasteiger partial charge is 0.269 e. The predicted octanol–water partition coefficient (Wildman–Crippen LogP) is 7.24. The molecule has 0 bridgehead atoms. The number of rotatable bonds is 5. The van der Waals surface area contributed by atoms with Crippen LogP contribution in [0.1, 0.15) is 56.3 Å². The van der Waals surface area contributed by atoms with Crippen LogP contribution in [0.3, 0.4) is 0 Å². The number of carbonyl (C=O) groups is 1. The van der Waals surface area contributed by atoms with Crippen molar-refractivity contribution in [3.63, 3.8) is 0 Å². The number of amides is 1. The number of aromatic nitrogens is 4. The second kappa shape index (κ2) is 9.65. The molecule has 2 aromatic heterocycles. The lowest BCUT2D eigenvalue weighted by molar-refractivity contribution is 0.0918. The Morgan fingerprint density at radius 2 is 1.83 bits per heavy atom. The molecule has 0 saturated heterocycles. The van der Waals surface area contributed by atoms with E-state index in [1.807, 2.05) is 45.0 Å². The average Bonchev–Trinajstić information content (AvgIpc) is 3.42. The lowest BCUT2D eigenvalue weighted by Crippen LogP contribution is -2.39. The van der Waals surface area contributed by atoms with Crippen molar-refractivity contribution in [1.29, 1.82) is 0 Å². The zero-order valence-corrected chi connectivity index (χ0v) is 23.1. The summed E-state index contributed by atoms with van der Waals surface area (Å²) in [6.07, 6.45) is 2.98. The van der Waals surface area contributed by atoms with E-state index in [2.05, 4.69) is 31.4 Å². The average molecular weight is 589 g/mol. The van der Waals surface area contributed by atoms with Crippen LogP contribution in [0.25, 0.3) is 28.5 Å². The number of hydrogen-bond donors (Lipinski definition) is 1. The Hall–Kier alpha value is -2.68. The maximum absolute atomic E-state index is 13.8. The van der Waals surface area contributed by atoms with Crippen LogP contribution in [0.5, 0.6) is 0 Å². The van der Waals surface area contributed by atoms with Gasteiger partial charge in [0.15, 0.2) is 5.69 Å². The highest BCUT2D eigenvalue weighted by Gasteiger charge is 2.33. The first-order valence-electron chi connectivity index (χ1n) is 11.6. The molecular formula is C26H24BrCl2N5O2. The Kier molecular flexibility index (Phi) is 6.70. The van der Waals surface area contributed by atoms with Gasteiger partial charge in [-0.2, -0.15) is 5.10 Å². The van der Waals surface area contributed by atoms with E-state index in [9.17, 15) is 4.79 Å². The molecule has 36 heavy (non-hydrogen) atoms. The number of nitrogens with zero attached hydrogens (tertiary/aromatic N) is 4. The molecule has 0 aliphatic heterocycles. The molecule has 1 fully saturated rings. The molecule has 1 saturated carbocycles. The third-order valence-electron chi connectivity index (χ3n) is 6.08. The van der Waals surface area contributed by atoms with Gasteiger partial charge in [0.2, 0.25) is 5.89 Å². The Bertz CT molecular complexity index is 1440. The standard InChI is InChI=1S/C26H24BrCl2N5O2/c1-26(2,3)25-32-31-24(36-25)21-20(23(35)30-17-5-4-6-17)22(14-7-9-15(27)10-8-14)34(33-21)19-12-11-16(28)13-18(19)29/h7-13,17H,4-6H2,1-3H3,(H,30,35). The summed E-state index contributed by atoms with van der Waals surface area (Å²) in [5.74, 6) is 0.368. The van der Waals surface area contributed by atoms with Crippen LogP contribution in [0.2, 0.25) is 10.0 Å². The predicted molar refractivity (Wildman–Crippen MR) is 144 cm³/mol. The van der Waals surface area contributed by atoms with Crippen molar-refractivity contribution < 1.29 is 9.21 Å². The van der Waals surface area contributed by atoms with E-state index in [-0.39, 0.29) is 23.3 Å². The molecule has 2 heterocycles. The molecule has 4 aromatic rings. The molecule has 1 aliphatic rings. The Morgan fingerprint density at radius 3 is 2.42 bits per heavy atom. The first-order chi connectivity index (χ1) is 17.1. The van der Waals surface area contributed by atoms with Crippen molar-refractivity contribution in [2.45, 2.75) is 51.5 Å². The minimum absolute atomic E-state index is 0.124. The maximum Gasteiger partial charge on any atom is 0.269 e. The summed E-state index contributed by atoms with van der Waals surface area (Å²) in [6.45, 7) is 5.94. The van der Waals surface area contributed by atoms with Crippen LogP contribution in [-0.2, 0) is 5.41 Å². The summed E-state index contributed by atoms with van der Waals surface area (Å²) in [6, 6.07) is 12.9. The molecule has 7 nitrogen and oxygen atoms in total. The molecule has 1 amide bonds. The van der Waals surface area contributed by atoms with Gasteiger partial charge in [-0.3, -0.25) is 4.79 Å². The summed E-state index contributed by atoms with van der Waals surface area (Å²) in [5, 5.41) is 17.4. The second-order valence-corrected chi connectivity index (χ2v) is 11.6. The summed E-state index contributed by atoms with van der Waals surface area (Å²) in [5.41, 5.74) is 2.18. The van der Waals surface area contributed by atoms with Gasteiger partial charge >= 0.3 is 0 Å². The second-order valence-electron chi connectivity index (χ2n) is 9.85. The normalized spacial score (nSPS) is 14.1. The minimum atomic E-state index is -0.365. The van der Waals surface area contributed by atoms with Gasteiger partial charge in [-0.15, -0.1) is 10.2 Å². The van der Waals surface area contributed by atoms with Gasteiger partial charge in [-0.05, 0) is 49.6 Å². The van der Waals surface area contributed by atoms with Crippen molar-refractivity contribution in [2.24, 2.45) is 0 Å². The number of hydrogen-bond acceptors (Lipinski definition) is 5. The van der Waals surface area contributed by atoms with Crippen molar-refractivity contribution in [3.8, 4) is 28.5 Å². The Morgan fingerprint density at radius 1 is 1.11 bits per heavy atom. The number of carbonyl (C=O) groups excluding carboxylic acids is 1. The van der Waals surface area contributed by atoms with E-state index in [4.69, 9.17) is 32.7 Å². The van der Waals surface area contributed by atoms with Crippen LogP contribution in [0.4, 0.5) is 0 Å². The molecule has 1 N–H and O–H groups in total. The molecule has 5 rings (SSSR count). The fraction of sp³-hybridized carbons (Fsp3) is 0.308. The third-order valence-corrected chi connectivity index (χ3v) is 7.14. The van der Waals surface area contributed by atoms with Gasteiger partial charge in [0.1, 0.15) is 0 Å². The molecule has 0 atom stereocenters. The van der Waals surface area contributed by atoms with Gasteiger partial charge in [-0.1, -0.05) is 72.0 Å². The van der Waals surface area contributed by atoms with Crippen LogP contribution in [0.15, 0.2) is 51.4 Å². The monoisotopic (exact) mass is 587 g/mol. The van der Waals surface area contributed by atoms with E-state index >= 15 is 0 Å². The van der Waals surface area contributed by atoms with Crippen LogP contribution in [0, 0.1) is 0 Å². The van der Waals surface area contributed by atoms with Gasteiger partial charge in [0.25, 0.3) is 11.8 Å². The minimum Gasteiger partial charge on any atom is -0.419 e. The topological polar surface area (TPSA) is 85.8 Å². The van der Waals surface area contributed by atoms with Crippen LogP contribution >= 0.6 is 39.1 Å². The summed E-state index contributed by atoms with van der Waals surface area (Å²) in [4.78, 5) is 13.8. The van der Waals surface area contributed by atoms with Crippen molar-refractivity contribution in [2.75, 3.05) is 0 Å². The van der Waals surface area contributed by atoms with Crippen molar-refractivity contribution in [1.82, 2.24) is 25.3 Å². The fourth-order valence-electron chi connectivity index (χ4n) is 3.92. The number of benzene rings is 2. The highest BCUT2D eigenvalue weighted by atomic mass is 79.9. The summed E-state index contributed by atoms with van der Waals surface area (Å²) in [7, 11) is 0. The van der Waals surface area contributed by atoms with E-state index < -0.39 is 0 Å². The quantitative estimate of drug-likeness (QED) is 0.265. The Balaban J connectivity index is 1.78. The van der Waals surface area contributed by atoms with E-state index in [1.54, 1.807) is 22.9 Å². The van der Waals surface area contributed by atoms with Gasteiger partial charge in [0, 0.05) is 26.5 Å². The molecule has 10 heteroatoms. The maximum atomic E-state index is 13.8. The molecular weight excluding hydrogens is 565 g/mol. The van der Waals surface area contributed by atoms with Crippen molar-refractivity contribution >= 4 is 45.0 Å². The molecule has 1 aliphatic carbocycles. The van der Waals surface area contributed by atoms with E-state index in [0.717, 1.165) is 29.3 Å². The molecule has 0 unspecified atom stereocenters. The number of nitrogens with one attached hydrogen (secondary N) is 1. The SMILES string of the molecule is CC(C)(C)c1nnc(-c2nn(-c3ccc(Cl)cc3Cl)c(-c3ccc(Br)cc3)c2C(=O)NC2CCC2)o1. The fourth-order valence-corrected chi connectivity index (χ4v) is 4.67. The molecule has 186 valence electrons. The Labute approximate surface area is 227 Å². The van der Waals surface area contributed by atoms with Crippen LogP contribution in [-0.4, -0.2) is 31.9 Å². The van der Waals surface area contributed by atoms with E-state index in [1.165, 1.54) is 0 Å². The largest absolute Gasteiger partial charge is 0.419 e. The molecule has 2 aromatic carbocycles. The van der Waals surface area contributed by atoms with Gasteiger partial charge in [0.05, 0.1) is 22.0 Å². The first kappa shape index (κ1) is 25.0. The zero-order valence-electron chi connectivity index (χ0n) is 20.0. The highest BCUT2D eigenvalue weighted by molar-refractivity contribution is 9.10. The van der Waals surface area contributed by atoms with Crippen molar-refractivity contribution in [3.05, 3.63) is 68.4 Å². The summed E-state index contributed by atoms with van der Waals surface area (Å²) >= 11 is 16.3.